The summed E-state index contributed by atoms with van der Waals surface area (Å²) in [7, 11) is 0. The minimum Gasteiger partial charge on any atom is -0.508 e. The average Bonchev–Trinajstić information content (AvgIpc) is 2.88. The second-order valence-electron chi connectivity index (χ2n) is 8.29. The molecule has 0 fully saturated rings. The van der Waals surface area contributed by atoms with E-state index in [4.69, 9.17) is 0 Å². The first-order valence-electron chi connectivity index (χ1n) is 10.9. The van der Waals surface area contributed by atoms with Crippen LogP contribution in [0.1, 0.15) is 40.9 Å². The summed E-state index contributed by atoms with van der Waals surface area (Å²) < 4.78 is 85.0. The van der Waals surface area contributed by atoms with Crippen molar-refractivity contribution in [3.63, 3.8) is 0 Å². The summed E-state index contributed by atoms with van der Waals surface area (Å²) >= 11 is 0. The van der Waals surface area contributed by atoms with Crippen molar-refractivity contribution in [1.82, 2.24) is 0 Å². The molecule has 38 heavy (non-hydrogen) atoms. The van der Waals surface area contributed by atoms with Crippen molar-refractivity contribution >= 4 is 5.78 Å². The first kappa shape index (κ1) is 28.1. The number of Topliss-reactive ketones (excluding diaryl/α,β-unsaturated/α-hetero) is 1. The molecule has 0 aliphatic heterocycles. The predicted octanol–water partition coefficient (Wildman–Crippen LogP) is 8.33. The van der Waals surface area contributed by atoms with E-state index in [0.717, 1.165) is 0 Å². The minimum atomic E-state index is -2.63. The van der Waals surface area contributed by atoms with Crippen molar-refractivity contribution in [2.75, 3.05) is 0 Å². The SMILES string of the molecule is C=C(C)C(=O)c1ccc(C(C)(c2ccc(OC(F)=C(F)F)cc2)c2ccc(OC(F)=C(F)F)cc2)c(O)c1. The van der Waals surface area contributed by atoms with Crippen LogP contribution in [-0.4, -0.2) is 10.9 Å². The van der Waals surface area contributed by atoms with E-state index >= 15 is 0 Å². The number of phenols is 1. The number of hydrogen-bond donors (Lipinski definition) is 1. The van der Waals surface area contributed by atoms with Crippen LogP contribution in [0.5, 0.6) is 17.2 Å². The predicted molar refractivity (Wildman–Crippen MR) is 128 cm³/mol. The van der Waals surface area contributed by atoms with Crippen LogP contribution in [0.4, 0.5) is 26.3 Å². The van der Waals surface area contributed by atoms with Crippen molar-refractivity contribution < 1.29 is 45.7 Å². The maximum absolute atomic E-state index is 13.2. The Balaban J connectivity index is 2.14. The van der Waals surface area contributed by atoms with E-state index in [-0.39, 0.29) is 34.2 Å². The molecule has 0 heterocycles. The van der Waals surface area contributed by atoms with Gasteiger partial charge in [0.2, 0.25) is 0 Å². The average molecular weight is 534 g/mol. The molecule has 0 saturated heterocycles. The summed E-state index contributed by atoms with van der Waals surface area (Å²) in [5, 5.41) is 10.9. The number of carbonyl (C=O) groups excluding carboxylic acids is 1. The van der Waals surface area contributed by atoms with Crippen molar-refractivity contribution in [3.8, 4) is 17.2 Å². The van der Waals surface area contributed by atoms with Crippen molar-refractivity contribution in [2.24, 2.45) is 0 Å². The molecule has 0 spiro atoms. The number of halogens is 6. The van der Waals surface area contributed by atoms with Crippen LogP contribution >= 0.6 is 0 Å². The summed E-state index contributed by atoms with van der Waals surface area (Å²) in [5.41, 5.74) is 0.422. The Bertz CT molecular complexity index is 1350. The zero-order valence-corrected chi connectivity index (χ0v) is 20.0. The van der Waals surface area contributed by atoms with Crippen LogP contribution in [0.2, 0.25) is 0 Å². The molecule has 0 aromatic heterocycles. The number of phenolic OH excluding ortho intramolecular Hbond substituents is 1. The Hall–Kier alpha value is -4.47. The fourth-order valence-electron chi connectivity index (χ4n) is 3.82. The van der Waals surface area contributed by atoms with Crippen LogP contribution in [0.3, 0.4) is 0 Å². The number of hydrogen-bond acceptors (Lipinski definition) is 4. The van der Waals surface area contributed by atoms with E-state index in [1.54, 1.807) is 6.92 Å². The third kappa shape index (κ3) is 5.91. The zero-order chi connectivity index (χ0) is 28.2. The lowest BCUT2D eigenvalue weighted by Gasteiger charge is -2.32. The molecule has 198 valence electrons. The molecule has 4 nitrogen and oxygen atoms in total. The molecule has 0 radical (unpaired) electrons. The smallest absolute Gasteiger partial charge is 0.344 e. The number of allylic oxidation sites excluding steroid dienone is 1. The van der Waals surface area contributed by atoms with Gasteiger partial charge < -0.3 is 14.6 Å². The quantitative estimate of drug-likeness (QED) is 0.0986. The van der Waals surface area contributed by atoms with Crippen molar-refractivity contribution in [2.45, 2.75) is 19.3 Å². The van der Waals surface area contributed by atoms with Gasteiger partial charge in [0, 0.05) is 16.5 Å². The van der Waals surface area contributed by atoms with E-state index < -0.39 is 29.6 Å². The molecule has 0 atom stereocenters. The molecule has 3 aromatic carbocycles. The molecule has 1 N–H and O–H groups in total. The van der Waals surface area contributed by atoms with Crippen LogP contribution in [0.15, 0.2) is 103 Å². The van der Waals surface area contributed by atoms with Crippen LogP contribution < -0.4 is 9.47 Å². The second kappa shape index (κ2) is 11.3. The number of carbonyl (C=O) groups is 1. The van der Waals surface area contributed by atoms with Crippen molar-refractivity contribution in [3.05, 3.63) is 125 Å². The third-order valence-electron chi connectivity index (χ3n) is 5.76. The van der Waals surface area contributed by atoms with Gasteiger partial charge in [0.1, 0.15) is 17.2 Å². The molecule has 0 aliphatic carbocycles. The lowest BCUT2D eigenvalue weighted by molar-refractivity contribution is 0.103. The number of aromatic hydroxyl groups is 1. The van der Waals surface area contributed by atoms with Gasteiger partial charge in [-0.15, -0.1) is 0 Å². The fourth-order valence-corrected chi connectivity index (χ4v) is 3.82. The summed E-state index contributed by atoms with van der Waals surface area (Å²) in [4.78, 5) is 12.3. The molecule has 0 amide bonds. The molecule has 0 unspecified atom stereocenters. The van der Waals surface area contributed by atoms with Gasteiger partial charge in [-0.2, -0.15) is 26.3 Å². The molecule has 0 bridgehead atoms. The lowest BCUT2D eigenvalue weighted by Crippen LogP contribution is -2.25. The third-order valence-corrected chi connectivity index (χ3v) is 5.76. The molecule has 0 saturated carbocycles. The Labute approximate surface area is 213 Å². The largest absolute Gasteiger partial charge is 0.508 e. The summed E-state index contributed by atoms with van der Waals surface area (Å²) in [6.07, 6.45) is -5.26. The highest BCUT2D eigenvalue weighted by Gasteiger charge is 2.34. The topological polar surface area (TPSA) is 55.8 Å². The lowest BCUT2D eigenvalue weighted by atomic mass is 9.70. The van der Waals surface area contributed by atoms with Gasteiger partial charge in [-0.05, 0) is 60.9 Å². The van der Waals surface area contributed by atoms with Crippen LogP contribution in [-0.2, 0) is 5.41 Å². The van der Waals surface area contributed by atoms with E-state index in [2.05, 4.69) is 16.1 Å². The van der Waals surface area contributed by atoms with Crippen LogP contribution in [0.25, 0.3) is 0 Å². The highest BCUT2D eigenvalue weighted by atomic mass is 19.3. The van der Waals surface area contributed by atoms with E-state index in [1.807, 2.05) is 0 Å². The molecular formula is C28H20F6O4. The Kier molecular flexibility index (Phi) is 8.35. The van der Waals surface area contributed by atoms with E-state index in [9.17, 15) is 36.2 Å². The molecule has 0 aliphatic rings. The Morgan fingerprint density at radius 3 is 1.53 bits per heavy atom. The van der Waals surface area contributed by atoms with Gasteiger partial charge in [-0.1, -0.05) is 43.0 Å². The number of ether oxygens (including phenoxy) is 2. The van der Waals surface area contributed by atoms with Gasteiger partial charge in [0.25, 0.3) is 0 Å². The number of benzene rings is 3. The summed E-state index contributed by atoms with van der Waals surface area (Å²) in [6.45, 7) is 6.79. The van der Waals surface area contributed by atoms with Crippen molar-refractivity contribution in [1.29, 1.82) is 0 Å². The number of ketones is 1. The highest BCUT2D eigenvalue weighted by molar-refractivity contribution is 6.08. The minimum absolute atomic E-state index is 0.180. The van der Waals surface area contributed by atoms with E-state index in [0.29, 0.717) is 16.7 Å². The normalized spacial score (nSPS) is 10.9. The maximum atomic E-state index is 13.2. The van der Waals surface area contributed by atoms with E-state index in [1.165, 1.54) is 73.7 Å². The molecule has 3 aromatic rings. The van der Waals surface area contributed by atoms with Gasteiger partial charge in [-0.3, -0.25) is 4.79 Å². The summed E-state index contributed by atoms with van der Waals surface area (Å²) in [5.74, 6) is -1.12. The zero-order valence-electron chi connectivity index (χ0n) is 20.0. The van der Waals surface area contributed by atoms with Gasteiger partial charge in [0.15, 0.2) is 5.78 Å². The molecule has 10 heteroatoms. The highest BCUT2D eigenvalue weighted by Crippen LogP contribution is 2.44. The molecule has 3 rings (SSSR count). The maximum Gasteiger partial charge on any atom is 0.344 e. The monoisotopic (exact) mass is 534 g/mol. The van der Waals surface area contributed by atoms with Crippen LogP contribution in [0, 0.1) is 0 Å². The first-order chi connectivity index (χ1) is 17.8. The standard InChI is InChI=1S/C28H20F6O4/c1-15(2)23(36)16-4-13-21(22(35)14-16)28(3,17-5-9-19(10-6-17)37-26(33)24(29)30)18-7-11-20(12-8-18)38-27(34)25(31)32/h4-14,35H,1H2,2-3H3. The van der Waals surface area contributed by atoms with Gasteiger partial charge in [0.05, 0.1) is 0 Å². The Morgan fingerprint density at radius 2 is 1.18 bits per heavy atom. The number of rotatable bonds is 9. The van der Waals surface area contributed by atoms with Gasteiger partial charge >= 0.3 is 24.2 Å². The second-order valence-corrected chi connectivity index (χ2v) is 8.29. The summed E-state index contributed by atoms with van der Waals surface area (Å²) in [6, 6.07) is 10.8. The first-order valence-corrected chi connectivity index (χ1v) is 10.9. The van der Waals surface area contributed by atoms with Gasteiger partial charge in [-0.25, -0.2) is 0 Å². The fraction of sp³-hybridized carbons (Fsp3) is 0.107. The Morgan fingerprint density at radius 1 is 0.763 bits per heavy atom. The molecular weight excluding hydrogens is 514 g/mol.